The van der Waals surface area contributed by atoms with Crippen LogP contribution in [0.5, 0.6) is 0 Å². The Morgan fingerprint density at radius 3 is 2.79 bits per heavy atom. The van der Waals surface area contributed by atoms with E-state index in [1.807, 2.05) is 31.2 Å². The van der Waals surface area contributed by atoms with Gasteiger partial charge in [-0.3, -0.25) is 14.2 Å². The third-order valence-corrected chi connectivity index (χ3v) is 8.05. The van der Waals surface area contributed by atoms with Crippen molar-refractivity contribution < 1.29 is 4.79 Å². The Kier molecular flexibility index (Phi) is 6.48. The molecule has 2 aromatic carbocycles. The molecule has 6 nitrogen and oxygen atoms in total. The Morgan fingerprint density at radius 1 is 1.24 bits per heavy atom. The van der Waals surface area contributed by atoms with Crippen LogP contribution in [0.4, 0.5) is 5.69 Å². The lowest BCUT2D eigenvalue weighted by atomic mass is 10.1. The summed E-state index contributed by atoms with van der Waals surface area (Å²) in [5.41, 5.74) is 3.53. The number of anilines is 1. The third-order valence-electron chi connectivity index (χ3n) is 5.77. The van der Waals surface area contributed by atoms with Gasteiger partial charge in [0.05, 0.1) is 16.8 Å². The summed E-state index contributed by atoms with van der Waals surface area (Å²) in [6.45, 7) is 3.75. The maximum absolute atomic E-state index is 13.8. The summed E-state index contributed by atoms with van der Waals surface area (Å²) in [6, 6.07) is 14.8. The standard InChI is InChI=1S/C25H23ClN4O2S2/c1-15-6-8-18(9-7-15)30-24(32)22-19-10-11-29(2)13-20(19)34-23(22)28-25(30)33-14-21(31)27-17-5-3-4-16(26)12-17/h3-9,12H,10-11,13-14H2,1-2H3,(H,27,31). The zero-order valence-electron chi connectivity index (χ0n) is 18.8. The van der Waals surface area contributed by atoms with E-state index in [4.69, 9.17) is 16.6 Å². The maximum atomic E-state index is 13.8. The zero-order valence-corrected chi connectivity index (χ0v) is 21.2. The van der Waals surface area contributed by atoms with Crippen LogP contribution >= 0.6 is 34.7 Å². The van der Waals surface area contributed by atoms with Crippen LogP contribution in [0.3, 0.4) is 0 Å². The fraction of sp³-hybridized carbons (Fsp3) is 0.240. The predicted molar refractivity (Wildman–Crippen MR) is 141 cm³/mol. The number of thioether (sulfide) groups is 1. The van der Waals surface area contributed by atoms with Crippen molar-refractivity contribution in [2.24, 2.45) is 0 Å². The van der Waals surface area contributed by atoms with Crippen molar-refractivity contribution >= 4 is 56.5 Å². The van der Waals surface area contributed by atoms with Gasteiger partial charge in [-0.2, -0.15) is 0 Å². The van der Waals surface area contributed by atoms with Crippen LogP contribution in [0.15, 0.2) is 58.5 Å². The fourth-order valence-corrected chi connectivity index (χ4v) is 6.41. The van der Waals surface area contributed by atoms with E-state index < -0.39 is 0 Å². The second kappa shape index (κ2) is 9.54. The van der Waals surface area contributed by atoms with Gasteiger partial charge in [-0.15, -0.1) is 11.3 Å². The highest BCUT2D eigenvalue weighted by Gasteiger charge is 2.24. The highest BCUT2D eigenvalue weighted by molar-refractivity contribution is 7.99. The molecule has 0 radical (unpaired) electrons. The van der Waals surface area contributed by atoms with Crippen LogP contribution in [-0.4, -0.2) is 39.7 Å². The fourth-order valence-electron chi connectivity index (χ4n) is 4.06. The van der Waals surface area contributed by atoms with Crippen molar-refractivity contribution in [3.05, 3.63) is 79.9 Å². The Labute approximate surface area is 210 Å². The van der Waals surface area contributed by atoms with Gasteiger partial charge in [0.25, 0.3) is 5.56 Å². The molecule has 0 atom stereocenters. The molecule has 0 saturated carbocycles. The summed E-state index contributed by atoms with van der Waals surface area (Å²) in [4.78, 5) is 35.5. The second-order valence-electron chi connectivity index (χ2n) is 8.39. The summed E-state index contributed by atoms with van der Waals surface area (Å²) < 4.78 is 1.64. The van der Waals surface area contributed by atoms with Gasteiger partial charge in [-0.05, 0) is 56.3 Å². The molecule has 3 heterocycles. The molecule has 1 aliphatic rings. The number of carbonyl (C=O) groups excluding carboxylic acids is 1. The number of hydrogen-bond acceptors (Lipinski definition) is 6. The van der Waals surface area contributed by atoms with E-state index in [1.54, 1.807) is 40.2 Å². The van der Waals surface area contributed by atoms with Crippen LogP contribution in [0.1, 0.15) is 16.0 Å². The topological polar surface area (TPSA) is 67.2 Å². The summed E-state index contributed by atoms with van der Waals surface area (Å²) in [5, 5.41) is 4.63. The Hall–Kier alpha value is -2.65. The number of carbonyl (C=O) groups is 1. The Bertz CT molecular complexity index is 1450. The largest absolute Gasteiger partial charge is 0.325 e. The number of aromatic nitrogens is 2. The molecule has 34 heavy (non-hydrogen) atoms. The summed E-state index contributed by atoms with van der Waals surface area (Å²) in [5.74, 6) is -0.0754. The molecule has 5 rings (SSSR count). The number of rotatable bonds is 5. The highest BCUT2D eigenvalue weighted by atomic mass is 35.5. The first-order valence-electron chi connectivity index (χ1n) is 10.9. The van der Waals surface area contributed by atoms with E-state index >= 15 is 0 Å². The number of fused-ring (bicyclic) bond motifs is 3. The summed E-state index contributed by atoms with van der Waals surface area (Å²) in [7, 11) is 2.09. The van der Waals surface area contributed by atoms with Gasteiger partial charge >= 0.3 is 0 Å². The van der Waals surface area contributed by atoms with E-state index in [0.717, 1.165) is 41.2 Å². The van der Waals surface area contributed by atoms with Gasteiger partial charge in [0.1, 0.15) is 4.83 Å². The molecular formula is C25H23ClN4O2S2. The number of likely N-dealkylation sites (N-methyl/N-ethyl adjacent to an activating group) is 1. The number of aryl methyl sites for hydroxylation is 1. The highest BCUT2D eigenvalue weighted by Crippen LogP contribution is 2.34. The van der Waals surface area contributed by atoms with Gasteiger partial charge in [0.2, 0.25) is 5.91 Å². The lowest BCUT2D eigenvalue weighted by molar-refractivity contribution is -0.113. The summed E-state index contributed by atoms with van der Waals surface area (Å²) in [6.07, 6.45) is 0.838. The minimum atomic E-state index is -0.191. The van der Waals surface area contributed by atoms with E-state index in [0.29, 0.717) is 21.3 Å². The molecule has 0 fully saturated rings. The van der Waals surface area contributed by atoms with Crippen molar-refractivity contribution in [2.45, 2.75) is 25.0 Å². The van der Waals surface area contributed by atoms with Gasteiger partial charge in [-0.1, -0.05) is 47.1 Å². The van der Waals surface area contributed by atoms with Crippen molar-refractivity contribution in [1.82, 2.24) is 14.5 Å². The number of hydrogen-bond donors (Lipinski definition) is 1. The monoisotopic (exact) mass is 510 g/mol. The van der Waals surface area contributed by atoms with E-state index in [1.165, 1.54) is 16.6 Å². The number of benzene rings is 2. The molecule has 0 bridgehead atoms. The second-order valence-corrected chi connectivity index (χ2v) is 10.9. The minimum Gasteiger partial charge on any atom is -0.325 e. The van der Waals surface area contributed by atoms with Crippen LogP contribution in [0.2, 0.25) is 5.02 Å². The maximum Gasteiger partial charge on any atom is 0.267 e. The zero-order chi connectivity index (χ0) is 23.8. The average Bonchev–Trinajstić information content (AvgIpc) is 3.16. The number of amides is 1. The van der Waals surface area contributed by atoms with E-state index in [-0.39, 0.29) is 17.2 Å². The van der Waals surface area contributed by atoms with E-state index in [9.17, 15) is 9.59 Å². The molecule has 9 heteroatoms. The molecule has 1 N–H and O–H groups in total. The van der Waals surface area contributed by atoms with Gasteiger partial charge in [0, 0.05) is 28.7 Å². The predicted octanol–water partition coefficient (Wildman–Crippen LogP) is 5.13. The van der Waals surface area contributed by atoms with Crippen molar-refractivity contribution in [1.29, 1.82) is 0 Å². The first-order valence-corrected chi connectivity index (χ1v) is 13.1. The van der Waals surface area contributed by atoms with Crippen molar-refractivity contribution in [3.8, 4) is 5.69 Å². The minimum absolute atomic E-state index is 0.0753. The van der Waals surface area contributed by atoms with Crippen molar-refractivity contribution in [2.75, 3.05) is 24.7 Å². The first-order chi connectivity index (χ1) is 16.4. The van der Waals surface area contributed by atoms with Gasteiger partial charge in [0.15, 0.2) is 5.16 Å². The molecule has 0 saturated heterocycles. The molecule has 1 aliphatic heterocycles. The van der Waals surface area contributed by atoms with E-state index in [2.05, 4.69) is 17.3 Å². The Morgan fingerprint density at radius 2 is 2.03 bits per heavy atom. The SMILES string of the molecule is Cc1ccc(-n2c(SCC(=O)Nc3cccc(Cl)c3)nc3sc4c(c3c2=O)CCN(C)C4)cc1. The molecule has 0 unspecified atom stereocenters. The lowest BCUT2D eigenvalue weighted by Gasteiger charge is -2.21. The average molecular weight is 511 g/mol. The molecule has 4 aromatic rings. The smallest absolute Gasteiger partial charge is 0.267 e. The summed E-state index contributed by atoms with van der Waals surface area (Å²) >= 11 is 8.86. The molecule has 0 aliphatic carbocycles. The van der Waals surface area contributed by atoms with Crippen LogP contribution < -0.4 is 10.9 Å². The number of nitrogens with zero attached hydrogens (tertiary/aromatic N) is 3. The number of halogens is 1. The van der Waals surface area contributed by atoms with Gasteiger partial charge < -0.3 is 10.2 Å². The molecule has 174 valence electrons. The molecule has 0 spiro atoms. The van der Waals surface area contributed by atoms with Crippen LogP contribution in [0.25, 0.3) is 15.9 Å². The molecule has 1 amide bonds. The molecular weight excluding hydrogens is 488 g/mol. The normalized spacial score (nSPS) is 13.7. The molecule has 2 aromatic heterocycles. The number of nitrogens with one attached hydrogen (secondary N) is 1. The van der Waals surface area contributed by atoms with Crippen LogP contribution in [-0.2, 0) is 17.8 Å². The Balaban J connectivity index is 1.53. The number of thiophene rings is 1. The lowest BCUT2D eigenvalue weighted by Crippen LogP contribution is -2.27. The van der Waals surface area contributed by atoms with Crippen molar-refractivity contribution in [3.63, 3.8) is 0 Å². The quantitative estimate of drug-likeness (QED) is 0.298. The first kappa shape index (κ1) is 23.1. The van der Waals surface area contributed by atoms with Gasteiger partial charge in [-0.25, -0.2) is 4.98 Å². The third kappa shape index (κ3) is 4.63. The van der Waals surface area contributed by atoms with Crippen LogP contribution in [0, 0.1) is 6.92 Å².